The highest BCUT2D eigenvalue weighted by atomic mass is 35.5. The van der Waals surface area contributed by atoms with Gasteiger partial charge in [0, 0.05) is 0 Å². The molecular weight excluding hydrogens is 278 g/mol. The number of methoxy groups -OCH3 is 1. The standard InChI is InChI=1S/C10H10ClN3O3S/c1-17-10(16)14-13-9(18)12-8(15)6-4-2-3-5-7(6)11/h2-5H,1H3,(H,14,16)(H2,12,13,15,18). The van der Waals surface area contributed by atoms with E-state index in [0.717, 1.165) is 0 Å². The van der Waals surface area contributed by atoms with E-state index in [4.69, 9.17) is 23.8 Å². The number of benzene rings is 1. The monoisotopic (exact) mass is 287 g/mol. The number of thiocarbonyl (C=S) groups is 1. The van der Waals surface area contributed by atoms with Gasteiger partial charge in [0.1, 0.15) is 0 Å². The summed E-state index contributed by atoms with van der Waals surface area (Å²) in [5.74, 6) is -0.482. The smallest absolute Gasteiger partial charge is 0.425 e. The number of rotatable bonds is 1. The second kappa shape index (κ2) is 6.77. The first-order valence-electron chi connectivity index (χ1n) is 4.74. The van der Waals surface area contributed by atoms with Crippen LogP contribution in [-0.2, 0) is 4.74 Å². The summed E-state index contributed by atoms with van der Waals surface area (Å²) in [7, 11) is 1.20. The molecule has 0 unspecified atom stereocenters. The molecule has 0 fully saturated rings. The third-order valence-corrected chi connectivity index (χ3v) is 2.34. The third kappa shape index (κ3) is 4.19. The number of carbonyl (C=O) groups excluding carboxylic acids is 2. The number of hydrazine groups is 1. The summed E-state index contributed by atoms with van der Waals surface area (Å²) in [6.07, 6.45) is -0.732. The molecule has 0 radical (unpaired) electrons. The van der Waals surface area contributed by atoms with Crippen molar-refractivity contribution in [2.45, 2.75) is 0 Å². The average Bonchev–Trinajstić information content (AvgIpc) is 2.36. The first kappa shape index (κ1) is 14.2. The van der Waals surface area contributed by atoms with E-state index in [0.29, 0.717) is 5.02 Å². The topological polar surface area (TPSA) is 79.5 Å². The fraction of sp³-hybridized carbons (Fsp3) is 0.100. The second-order valence-corrected chi connectivity index (χ2v) is 3.82. The lowest BCUT2D eigenvalue weighted by molar-refractivity contribution is 0.0976. The first-order chi connectivity index (χ1) is 8.54. The Bertz CT molecular complexity index is 481. The Labute approximate surface area is 114 Å². The van der Waals surface area contributed by atoms with E-state index in [1.807, 2.05) is 0 Å². The van der Waals surface area contributed by atoms with Gasteiger partial charge in [-0.1, -0.05) is 23.7 Å². The quantitative estimate of drug-likeness (QED) is 0.534. The Balaban J connectivity index is 2.53. The van der Waals surface area contributed by atoms with Crippen LogP contribution in [0, 0.1) is 0 Å². The molecule has 0 aliphatic heterocycles. The summed E-state index contributed by atoms with van der Waals surface area (Å²) < 4.78 is 4.30. The molecule has 3 N–H and O–H groups in total. The van der Waals surface area contributed by atoms with Crippen LogP contribution in [0.25, 0.3) is 0 Å². The van der Waals surface area contributed by atoms with Crippen molar-refractivity contribution in [3.05, 3.63) is 34.9 Å². The number of halogens is 1. The van der Waals surface area contributed by atoms with Gasteiger partial charge in [-0.25, -0.2) is 10.2 Å². The van der Waals surface area contributed by atoms with Gasteiger partial charge >= 0.3 is 6.09 Å². The lowest BCUT2D eigenvalue weighted by Crippen LogP contribution is -2.48. The van der Waals surface area contributed by atoms with Crippen LogP contribution in [0.15, 0.2) is 24.3 Å². The molecule has 6 nitrogen and oxygen atoms in total. The van der Waals surface area contributed by atoms with Crippen molar-refractivity contribution in [2.24, 2.45) is 0 Å². The molecule has 0 spiro atoms. The van der Waals surface area contributed by atoms with E-state index in [1.54, 1.807) is 24.3 Å². The summed E-state index contributed by atoms with van der Waals surface area (Å²) in [5.41, 5.74) is 4.67. The third-order valence-electron chi connectivity index (χ3n) is 1.81. The van der Waals surface area contributed by atoms with Crippen LogP contribution in [0.2, 0.25) is 5.02 Å². The Hall–Kier alpha value is -1.86. The van der Waals surface area contributed by atoms with Crippen molar-refractivity contribution in [3.63, 3.8) is 0 Å². The lowest BCUT2D eigenvalue weighted by atomic mass is 10.2. The van der Waals surface area contributed by atoms with Gasteiger partial charge in [0.15, 0.2) is 5.11 Å². The summed E-state index contributed by atoms with van der Waals surface area (Å²) >= 11 is 10.6. The van der Waals surface area contributed by atoms with Crippen molar-refractivity contribution >= 4 is 40.9 Å². The Morgan fingerprint density at radius 1 is 1.28 bits per heavy atom. The molecule has 96 valence electrons. The van der Waals surface area contributed by atoms with E-state index < -0.39 is 12.0 Å². The highest BCUT2D eigenvalue weighted by Gasteiger charge is 2.11. The summed E-state index contributed by atoms with van der Waals surface area (Å²) in [6, 6.07) is 6.51. The van der Waals surface area contributed by atoms with Gasteiger partial charge in [-0.05, 0) is 24.4 Å². The summed E-state index contributed by atoms with van der Waals surface area (Å²) in [4.78, 5) is 22.5. The highest BCUT2D eigenvalue weighted by Crippen LogP contribution is 2.14. The van der Waals surface area contributed by atoms with Gasteiger partial charge in [-0.2, -0.15) is 0 Å². The predicted octanol–water partition coefficient (Wildman–Crippen LogP) is 1.22. The van der Waals surface area contributed by atoms with Crippen LogP contribution in [0.3, 0.4) is 0 Å². The molecule has 0 aromatic heterocycles. The maximum Gasteiger partial charge on any atom is 0.425 e. The average molecular weight is 288 g/mol. The number of hydrogen-bond donors (Lipinski definition) is 3. The SMILES string of the molecule is COC(=O)NNC(=S)NC(=O)c1ccccc1Cl. The maximum atomic E-state index is 11.7. The zero-order chi connectivity index (χ0) is 13.5. The molecule has 8 heteroatoms. The van der Waals surface area contributed by atoms with Gasteiger partial charge in [0.2, 0.25) is 0 Å². The fourth-order valence-electron chi connectivity index (χ4n) is 1.01. The lowest BCUT2D eigenvalue weighted by Gasteiger charge is -2.10. The zero-order valence-electron chi connectivity index (χ0n) is 9.32. The van der Waals surface area contributed by atoms with E-state index in [2.05, 4.69) is 20.9 Å². The second-order valence-electron chi connectivity index (χ2n) is 3.00. The summed E-state index contributed by atoms with van der Waals surface area (Å²) in [5, 5.41) is 2.57. The molecule has 0 aliphatic carbocycles. The molecular formula is C10H10ClN3O3S. The Morgan fingerprint density at radius 2 is 1.94 bits per heavy atom. The molecule has 1 aromatic rings. The van der Waals surface area contributed by atoms with Gasteiger partial charge in [-0.3, -0.25) is 15.5 Å². The van der Waals surface area contributed by atoms with Crippen LogP contribution in [0.4, 0.5) is 4.79 Å². The fourth-order valence-corrected chi connectivity index (χ4v) is 1.37. The van der Waals surface area contributed by atoms with Crippen molar-refractivity contribution in [1.29, 1.82) is 0 Å². The number of ether oxygens (including phenoxy) is 1. The van der Waals surface area contributed by atoms with Gasteiger partial charge in [0.25, 0.3) is 5.91 Å². The molecule has 0 saturated heterocycles. The largest absolute Gasteiger partial charge is 0.452 e. The Kier molecular flexibility index (Phi) is 5.34. The van der Waals surface area contributed by atoms with Gasteiger partial charge in [0.05, 0.1) is 17.7 Å². The molecule has 1 aromatic carbocycles. The van der Waals surface area contributed by atoms with Gasteiger partial charge < -0.3 is 4.74 Å². The molecule has 1 rings (SSSR count). The number of carbonyl (C=O) groups is 2. The summed E-state index contributed by atoms with van der Waals surface area (Å²) in [6.45, 7) is 0. The molecule has 18 heavy (non-hydrogen) atoms. The van der Waals surface area contributed by atoms with Crippen LogP contribution < -0.4 is 16.2 Å². The van der Waals surface area contributed by atoms with Crippen molar-refractivity contribution in [3.8, 4) is 0 Å². The zero-order valence-corrected chi connectivity index (χ0v) is 10.9. The molecule has 2 amide bonds. The van der Waals surface area contributed by atoms with E-state index in [-0.39, 0.29) is 10.7 Å². The number of nitrogens with one attached hydrogen (secondary N) is 3. The Morgan fingerprint density at radius 3 is 2.56 bits per heavy atom. The first-order valence-corrected chi connectivity index (χ1v) is 5.53. The normalized spacial score (nSPS) is 9.22. The molecule has 0 heterocycles. The molecule has 0 saturated carbocycles. The highest BCUT2D eigenvalue weighted by molar-refractivity contribution is 7.80. The van der Waals surface area contributed by atoms with Crippen LogP contribution >= 0.6 is 23.8 Å². The number of hydrogen-bond acceptors (Lipinski definition) is 4. The van der Waals surface area contributed by atoms with Crippen molar-refractivity contribution in [1.82, 2.24) is 16.2 Å². The van der Waals surface area contributed by atoms with Crippen molar-refractivity contribution < 1.29 is 14.3 Å². The van der Waals surface area contributed by atoms with Crippen LogP contribution in [0.5, 0.6) is 0 Å². The van der Waals surface area contributed by atoms with Crippen LogP contribution in [-0.4, -0.2) is 24.2 Å². The minimum atomic E-state index is -0.732. The van der Waals surface area contributed by atoms with E-state index >= 15 is 0 Å². The van der Waals surface area contributed by atoms with E-state index in [1.165, 1.54) is 7.11 Å². The van der Waals surface area contributed by atoms with Crippen molar-refractivity contribution in [2.75, 3.05) is 7.11 Å². The minimum Gasteiger partial charge on any atom is -0.452 e. The molecule has 0 atom stereocenters. The maximum absolute atomic E-state index is 11.7. The molecule has 0 aliphatic rings. The van der Waals surface area contributed by atoms with Gasteiger partial charge in [-0.15, -0.1) is 0 Å². The predicted molar refractivity (Wildman–Crippen MR) is 70.2 cm³/mol. The number of amides is 2. The van der Waals surface area contributed by atoms with E-state index in [9.17, 15) is 9.59 Å². The van der Waals surface area contributed by atoms with Crippen LogP contribution in [0.1, 0.15) is 10.4 Å². The minimum absolute atomic E-state index is 0.0784. The molecule has 0 bridgehead atoms.